The summed E-state index contributed by atoms with van der Waals surface area (Å²) in [6.45, 7) is 4.46. The molecule has 0 amide bonds. The average Bonchev–Trinajstić information content (AvgIpc) is 1.88. The quantitative estimate of drug-likeness (QED) is 0.534. The predicted molar refractivity (Wildman–Crippen MR) is 40.8 cm³/mol. The molecule has 1 aliphatic heterocycles. The van der Waals surface area contributed by atoms with E-state index in [1.165, 1.54) is 0 Å². The second-order valence-corrected chi connectivity index (χ2v) is 4.89. The van der Waals surface area contributed by atoms with Gasteiger partial charge in [-0.1, -0.05) is 6.92 Å². The van der Waals surface area contributed by atoms with E-state index < -0.39 is 9.84 Å². The lowest BCUT2D eigenvalue weighted by molar-refractivity contribution is 0.312. The molecule has 4 heteroatoms. The van der Waals surface area contributed by atoms with Gasteiger partial charge >= 0.3 is 0 Å². The third-order valence-electron chi connectivity index (χ3n) is 1.88. The second-order valence-electron chi connectivity index (χ2n) is 2.59. The van der Waals surface area contributed by atoms with E-state index in [0.29, 0.717) is 11.5 Å². The Bertz CT molecular complexity index is 184. The summed E-state index contributed by atoms with van der Waals surface area (Å²) in [5, 5.41) is 0. The van der Waals surface area contributed by atoms with E-state index in [0.717, 1.165) is 19.6 Å². The van der Waals surface area contributed by atoms with Gasteiger partial charge in [0.2, 0.25) is 0 Å². The van der Waals surface area contributed by atoms with Crippen LogP contribution >= 0.6 is 0 Å². The highest BCUT2D eigenvalue weighted by Gasteiger charge is 2.19. The van der Waals surface area contributed by atoms with Gasteiger partial charge in [0, 0.05) is 13.1 Å². The number of hydrogen-bond acceptors (Lipinski definition) is 3. The molecular weight excluding hydrogens is 150 g/mol. The molecule has 0 spiro atoms. The zero-order chi connectivity index (χ0) is 7.61. The Balaban J connectivity index is 2.46. The maximum absolute atomic E-state index is 10.9. The van der Waals surface area contributed by atoms with E-state index in [2.05, 4.69) is 11.8 Å². The summed E-state index contributed by atoms with van der Waals surface area (Å²) in [6.07, 6.45) is 0. The smallest absolute Gasteiger partial charge is 0.152 e. The molecule has 0 N–H and O–H groups in total. The van der Waals surface area contributed by atoms with Crippen molar-refractivity contribution in [3.8, 4) is 0 Å². The van der Waals surface area contributed by atoms with Crippen LogP contribution in [0.1, 0.15) is 6.92 Å². The summed E-state index contributed by atoms with van der Waals surface area (Å²) in [7, 11) is -2.67. The molecule has 0 radical (unpaired) electrons. The van der Waals surface area contributed by atoms with Crippen molar-refractivity contribution in [1.29, 1.82) is 0 Å². The van der Waals surface area contributed by atoms with E-state index in [1.807, 2.05) is 0 Å². The third kappa shape index (κ3) is 1.95. The zero-order valence-electron chi connectivity index (χ0n) is 6.21. The largest absolute Gasteiger partial charge is 0.302 e. The highest BCUT2D eigenvalue weighted by Crippen LogP contribution is 2.01. The first-order valence-electron chi connectivity index (χ1n) is 3.57. The van der Waals surface area contributed by atoms with Gasteiger partial charge in [-0.15, -0.1) is 0 Å². The van der Waals surface area contributed by atoms with Crippen LogP contribution in [-0.2, 0) is 9.84 Å². The molecule has 0 aromatic rings. The van der Waals surface area contributed by atoms with Gasteiger partial charge in [-0.25, -0.2) is 8.42 Å². The highest BCUT2D eigenvalue weighted by molar-refractivity contribution is 7.91. The zero-order valence-corrected chi connectivity index (χ0v) is 7.02. The lowest BCUT2D eigenvalue weighted by atomic mass is 10.5. The second kappa shape index (κ2) is 2.88. The predicted octanol–water partition coefficient (Wildman–Crippen LogP) is -0.263. The normalized spacial score (nSPS) is 26.5. The average molecular weight is 163 g/mol. The molecule has 1 aliphatic rings. The van der Waals surface area contributed by atoms with Gasteiger partial charge in [-0.2, -0.15) is 0 Å². The summed E-state index contributed by atoms with van der Waals surface area (Å²) in [4.78, 5) is 2.15. The molecule has 1 fully saturated rings. The van der Waals surface area contributed by atoms with Gasteiger partial charge in [-0.05, 0) is 6.54 Å². The van der Waals surface area contributed by atoms with E-state index in [-0.39, 0.29) is 0 Å². The van der Waals surface area contributed by atoms with Crippen molar-refractivity contribution in [3.05, 3.63) is 0 Å². The molecule has 0 aromatic carbocycles. The molecule has 60 valence electrons. The molecule has 0 bridgehead atoms. The molecule has 0 unspecified atom stereocenters. The number of nitrogens with zero attached hydrogens (tertiary/aromatic N) is 1. The van der Waals surface area contributed by atoms with Gasteiger partial charge in [0.05, 0.1) is 11.5 Å². The Morgan fingerprint density at radius 3 is 2.20 bits per heavy atom. The summed E-state index contributed by atoms with van der Waals surface area (Å²) < 4.78 is 21.8. The Labute approximate surface area is 61.9 Å². The summed E-state index contributed by atoms with van der Waals surface area (Å²) in [5.41, 5.74) is 0. The van der Waals surface area contributed by atoms with Crippen molar-refractivity contribution in [2.75, 3.05) is 31.1 Å². The minimum atomic E-state index is -2.67. The maximum atomic E-state index is 10.9. The van der Waals surface area contributed by atoms with Crippen LogP contribution in [0.15, 0.2) is 0 Å². The molecule has 0 saturated carbocycles. The Morgan fingerprint density at radius 2 is 1.80 bits per heavy atom. The van der Waals surface area contributed by atoms with Crippen LogP contribution < -0.4 is 0 Å². The van der Waals surface area contributed by atoms with Crippen molar-refractivity contribution in [1.82, 2.24) is 4.90 Å². The first-order valence-corrected chi connectivity index (χ1v) is 5.39. The lowest BCUT2D eigenvalue weighted by Crippen LogP contribution is -2.39. The SMILES string of the molecule is CCN1CCS(=O)(=O)CC1. The molecule has 3 nitrogen and oxygen atoms in total. The Hall–Kier alpha value is -0.0900. The van der Waals surface area contributed by atoms with Crippen LogP contribution in [0.25, 0.3) is 0 Å². The van der Waals surface area contributed by atoms with E-state index >= 15 is 0 Å². The van der Waals surface area contributed by atoms with Crippen LogP contribution in [0.3, 0.4) is 0 Å². The van der Waals surface area contributed by atoms with Crippen molar-refractivity contribution in [2.24, 2.45) is 0 Å². The fourth-order valence-corrected chi connectivity index (χ4v) is 2.34. The molecular formula is C6H13NO2S. The van der Waals surface area contributed by atoms with Crippen LogP contribution in [0, 0.1) is 0 Å². The van der Waals surface area contributed by atoms with Gasteiger partial charge in [0.25, 0.3) is 0 Å². The first-order chi connectivity index (χ1) is 4.64. The Morgan fingerprint density at radius 1 is 1.30 bits per heavy atom. The third-order valence-corrected chi connectivity index (χ3v) is 3.49. The summed E-state index contributed by atoms with van der Waals surface area (Å²) >= 11 is 0. The molecule has 1 heterocycles. The highest BCUT2D eigenvalue weighted by atomic mass is 32.2. The minimum Gasteiger partial charge on any atom is -0.302 e. The van der Waals surface area contributed by atoms with Crippen LogP contribution in [0.4, 0.5) is 0 Å². The fourth-order valence-electron chi connectivity index (χ4n) is 1.07. The van der Waals surface area contributed by atoms with Crippen LogP contribution in [-0.4, -0.2) is 44.5 Å². The van der Waals surface area contributed by atoms with Gasteiger partial charge in [0.15, 0.2) is 9.84 Å². The van der Waals surface area contributed by atoms with Crippen molar-refractivity contribution in [2.45, 2.75) is 6.92 Å². The van der Waals surface area contributed by atoms with Gasteiger partial charge in [-0.3, -0.25) is 0 Å². The molecule has 0 aliphatic carbocycles. The molecule has 0 aromatic heterocycles. The summed E-state index contributed by atoms with van der Waals surface area (Å²) in [5.74, 6) is 0.696. The van der Waals surface area contributed by atoms with Crippen molar-refractivity contribution in [3.63, 3.8) is 0 Å². The first kappa shape index (κ1) is 8.01. The molecule has 1 rings (SSSR count). The monoisotopic (exact) mass is 163 g/mol. The maximum Gasteiger partial charge on any atom is 0.152 e. The van der Waals surface area contributed by atoms with E-state index in [1.54, 1.807) is 0 Å². The van der Waals surface area contributed by atoms with Crippen molar-refractivity contribution < 1.29 is 8.42 Å². The number of sulfone groups is 1. The molecule has 0 atom stereocenters. The Kier molecular flexibility index (Phi) is 2.31. The fraction of sp³-hybridized carbons (Fsp3) is 1.00. The topological polar surface area (TPSA) is 37.4 Å². The molecule has 10 heavy (non-hydrogen) atoms. The minimum absolute atomic E-state index is 0.348. The summed E-state index contributed by atoms with van der Waals surface area (Å²) in [6, 6.07) is 0. The van der Waals surface area contributed by atoms with E-state index in [4.69, 9.17) is 0 Å². The van der Waals surface area contributed by atoms with Crippen molar-refractivity contribution >= 4 is 9.84 Å². The van der Waals surface area contributed by atoms with Crippen LogP contribution in [0.2, 0.25) is 0 Å². The standard InChI is InChI=1S/C6H13NO2S/c1-2-7-3-5-10(8,9)6-4-7/h2-6H2,1H3. The van der Waals surface area contributed by atoms with E-state index in [9.17, 15) is 8.42 Å². The van der Waals surface area contributed by atoms with Crippen LogP contribution in [0.5, 0.6) is 0 Å². The van der Waals surface area contributed by atoms with Gasteiger partial charge in [0.1, 0.15) is 0 Å². The van der Waals surface area contributed by atoms with Gasteiger partial charge < -0.3 is 4.90 Å². The number of rotatable bonds is 1. The number of hydrogen-bond donors (Lipinski definition) is 0. The molecule has 1 saturated heterocycles. The lowest BCUT2D eigenvalue weighted by Gasteiger charge is -2.24.